The van der Waals surface area contributed by atoms with Crippen LogP contribution in [0.3, 0.4) is 0 Å². The summed E-state index contributed by atoms with van der Waals surface area (Å²) in [5.41, 5.74) is 0. The Labute approximate surface area is 122 Å². The molecule has 3 atom stereocenters. The van der Waals surface area contributed by atoms with Crippen LogP contribution < -0.4 is 5.32 Å². The fourth-order valence-corrected chi connectivity index (χ4v) is 4.17. The average molecular weight is 280 g/mol. The number of thiophene rings is 1. The topological polar surface area (TPSA) is 15.3 Å². The third-order valence-electron chi connectivity index (χ3n) is 4.32. The Morgan fingerprint density at radius 1 is 1.47 bits per heavy atom. The number of piperidine rings is 1. The van der Waals surface area contributed by atoms with E-state index in [4.69, 9.17) is 0 Å². The van der Waals surface area contributed by atoms with E-state index in [1.807, 2.05) is 11.3 Å². The molecule has 0 aliphatic carbocycles. The van der Waals surface area contributed by atoms with E-state index in [1.54, 1.807) is 0 Å². The largest absolute Gasteiger partial charge is 0.314 e. The van der Waals surface area contributed by atoms with Crippen LogP contribution in [0.5, 0.6) is 0 Å². The van der Waals surface area contributed by atoms with Gasteiger partial charge in [0, 0.05) is 28.4 Å². The second kappa shape index (κ2) is 6.87. The molecular weight excluding hydrogens is 252 g/mol. The minimum atomic E-state index is 0.670. The third kappa shape index (κ3) is 4.04. The molecule has 1 fully saturated rings. The predicted octanol–water partition coefficient (Wildman–Crippen LogP) is 3.31. The molecule has 3 unspecified atom stereocenters. The molecule has 0 bridgehead atoms. The minimum Gasteiger partial charge on any atom is -0.314 e. The number of likely N-dealkylation sites (tertiary alicyclic amines) is 1. The molecule has 0 radical (unpaired) electrons. The first-order valence-electron chi connectivity index (χ1n) is 7.63. The number of aryl methyl sites for hydroxylation is 1. The zero-order valence-electron chi connectivity index (χ0n) is 12.8. The van der Waals surface area contributed by atoms with Crippen LogP contribution in [-0.4, -0.2) is 36.6 Å². The quantitative estimate of drug-likeness (QED) is 0.890. The number of rotatable bonds is 5. The van der Waals surface area contributed by atoms with Gasteiger partial charge in [0.05, 0.1) is 0 Å². The molecule has 2 nitrogen and oxygen atoms in total. The summed E-state index contributed by atoms with van der Waals surface area (Å²) in [5.74, 6) is 0.765. The van der Waals surface area contributed by atoms with Crippen molar-refractivity contribution >= 4 is 11.3 Å². The normalized spacial score (nSPS) is 26.5. The molecule has 1 aliphatic rings. The standard InChI is InChI=1S/C16H28N2S/c1-5-17-16-8-9-18(11-12(16)2)13(3)10-15-7-6-14(4)19-15/h6-7,12-13,16-17H,5,8-11H2,1-4H3. The van der Waals surface area contributed by atoms with Crippen LogP contribution in [0.25, 0.3) is 0 Å². The molecule has 1 aliphatic heterocycles. The van der Waals surface area contributed by atoms with Gasteiger partial charge in [-0.2, -0.15) is 0 Å². The van der Waals surface area contributed by atoms with Gasteiger partial charge in [-0.25, -0.2) is 0 Å². The van der Waals surface area contributed by atoms with Gasteiger partial charge in [-0.1, -0.05) is 13.8 Å². The summed E-state index contributed by atoms with van der Waals surface area (Å²) in [6.07, 6.45) is 2.50. The maximum atomic E-state index is 3.62. The van der Waals surface area contributed by atoms with Crippen LogP contribution in [0.15, 0.2) is 12.1 Å². The Morgan fingerprint density at radius 3 is 2.84 bits per heavy atom. The monoisotopic (exact) mass is 280 g/mol. The van der Waals surface area contributed by atoms with Crippen molar-refractivity contribution in [2.24, 2.45) is 5.92 Å². The highest BCUT2D eigenvalue weighted by Crippen LogP contribution is 2.23. The van der Waals surface area contributed by atoms with Crippen molar-refractivity contribution in [1.29, 1.82) is 0 Å². The number of nitrogens with zero attached hydrogens (tertiary/aromatic N) is 1. The zero-order chi connectivity index (χ0) is 13.8. The van der Waals surface area contributed by atoms with Gasteiger partial charge in [-0.05, 0) is 57.8 Å². The fourth-order valence-electron chi connectivity index (χ4n) is 3.16. The van der Waals surface area contributed by atoms with Gasteiger partial charge in [0.25, 0.3) is 0 Å². The second-order valence-corrected chi connectivity index (χ2v) is 7.36. The molecule has 19 heavy (non-hydrogen) atoms. The lowest BCUT2D eigenvalue weighted by atomic mass is 9.92. The van der Waals surface area contributed by atoms with Gasteiger partial charge in [0.15, 0.2) is 0 Å². The van der Waals surface area contributed by atoms with Gasteiger partial charge in [0.2, 0.25) is 0 Å². The summed E-state index contributed by atoms with van der Waals surface area (Å²) in [6.45, 7) is 12.8. The van der Waals surface area contributed by atoms with Crippen molar-refractivity contribution in [2.75, 3.05) is 19.6 Å². The van der Waals surface area contributed by atoms with Crippen molar-refractivity contribution in [1.82, 2.24) is 10.2 Å². The van der Waals surface area contributed by atoms with Crippen molar-refractivity contribution in [3.8, 4) is 0 Å². The summed E-state index contributed by atoms with van der Waals surface area (Å²) in [5, 5.41) is 3.62. The van der Waals surface area contributed by atoms with Gasteiger partial charge in [0.1, 0.15) is 0 Å². The Hall–Kier alpha value is -0.380. The Balaban J connectivity index is 1.85. The number of hydrogen-bond acceptors (Lipinski definition) is 3. The van der Waals surface area contributed by atoms with Crippen LogP contribution in [0.4, 0.5) is 0 Å². The van der Waals surface area contributed by atoms with Crippen LogP contribution in [-0.2, 0) is 6.42 Å². The van der Waals surface area contributed by atoms with E-state index in [0.717, 1.165) is 18.5 Å². The number of hydrogen-bond donors (Lipinski definition) is 1. The Kier molecular flexibility index (Phi) is 5.43. The van der Waals surface area contributed by atoms with Gasteiger partial charge in [-0.15, -0.1) is 11.3 Å². The lowest BCUT2D eigenvalue weighted by Gasteiger charge is -2.40. The Morgan fingerprint density at radius 2 is 2.26 bits per heavy atom. The first-order valence-corrected chi connectivity index (χ1v) is 8.44. The maximum absolute atomic E-state index is 3.62. The molecule has 2 rings (SSSR count). The Bertz CT molecular complexity index is 388. The predicted molar refractivity (Wildman–Crippen MR) is 85.0 cm³/mol. The van der Waals surface area contributed by atoms with Gasteiger partial charge in [-0.3, -0.25) is 4.90 Å². The summed E-state index contributed by atoms with van der Waals surface area (Å²) in [7, 11) is 0. The van der Waals surface area contributed by atoms with E-state index >= 15 is 0 Å². The van der Waals surface area contributed by atoms with E-state index in [-0.39, 0.29) is 0 Å². The van der Waals surface area contributed by atoms with Crippen LogP contribution in [0, 0.1) is 12.8 Å². The van der Waals surface area contributed by atoms with Crippen LogP contribution in [0.2, 0.25) is 0 Å². The molecule has 0 amide bonds. The van der Waals surface area contributed by atoms with Gasteiger partial charge >= 0.3 is 0 Å². The summed E-state index contributed by atoms with van der Waals surface area (Å²) in [6, 6.07) is 5.93. The van der Waals surface area contributed by atoms with Crippen molar-refractivity contribution in [2.45, 2.75) is 52.6 Å². The molecule has 1 aromatic heterocycles. The maximum Gasteiger partial charge on any atom is 0.0117 e. The summed E-state index contributed by atoms with van der Waals surface area (Å²) in [4.78, 5) is 5.64. The van der Waals surface area contributed by atoms with Crippen molar-refractivity contribution in [3.05, 3.63) is 21.9 Å². The summed E-state index contributed by atoms with van der Waals surface area (Å²) >= 11 is 1.95. The molecule has 0 spiro atoms. The van der Waals surface area contributed by atoms with E-state index < -0.39 is 0 Å². The summed E-state index contributed by atoms with van der Waals surface area (Å²) < 4.78 is 0. The molecule has 3 heteroatoms. The highest BCUT2D eigenvalue weighted by molar-refractivity contribution is 7.11. The van der Waals surface area contributed by atoms with E-state index in [1.165, 1.54) is 35.7 Å². The highest BCUT2D eigenvalue weighted by Gasteiger charge is 2.27. The SMILES string of the molecule is CCNC1CCN(C(C)Cc2ccc(C)s2)CC1C. The highest BCUT2D eigenvalue weighted by atomic mass is 32.1. The number of nitrogens with one attached hydrogen (secondary N) is 1. The molecule has 0 saturated carbocycles. The first kappa shape index (κ1) is 15.0. The zero-order valence-corrected chi connectivity index (χ0v) is 13.6. The van der Waals surface area contributed by atoms with Crippen molar-refractivity contribution < 1.29 is 0 Å². The fraction of sp³-hybridized carbons (Fsp3) is 0.750. The third-order valence-corrected chi connectivity index (χ3v) is 5.34. The minimum absolute atomic E-state index is 0.670. The van der Waals surface area contributed by atoms with E-state index in [9.17, 15) is 0 Å². The molecule has 108 valence electrons. The second-order valence-electron chi connectivity index (χ2n) is 5.99. The molecule has 0 aromatic carbocycles. The van der Waals surface area contributed by atoms with Crippen LogP contribution >= 0.6 is 11.3 Å². The smallest absolute Gasteiger partial charge is 0.0117 e. The lowest BCUT2D eigenvalue weighted by molar-refractivity contribution is 0.112. The average Bonchev–Trinajstić information content (AvgIpc) is 2.77. The van der Waals surface area contributed by atoms with Crippen molar-refractivity contribution in [3.63, 3.8) is 0 Å². The van der Waals surface area contributed by atoms with E-state index in [0.29, 0.717) is 6.04 Å². The van der Waals surface area contributed by atoms with Crippen LogP contribution in [0.1, 0.15) is 36.9 Å². The molecule has 1 N–H and O–H groups in total. The molecule has 1 saturated heterocycles. The lowest BCUT2D eigenvalue weighted by Crippen LogP contribution is -2.51. The molecule has 1 aromatic rings. The first-order chi connectivity index (χ1) is 9.10. The molecular formula is C16H28N2S. The molecule has 2 heterocycles. The van der Waals surface area contributed by atoms with Gasteiger partial charge < -0.3 is 5.32 Å². The van der Waals surface area contributed by atoms with E-state index in [2.05, 4.69) is 50.0 Å².